The van der Waals surface area contributed by atoms with E-state index in [9.17, 15) is 0 Å². The first kappa shape index (κ1) is 12.5. The number of likely N-dealkylation sites (N-methyl/N-ethyl adjacent to an activating group) is 1. The van der Waals surface area contributed by atoms with Crippen LogP contribution in [0.4, 0.5) is 0 Å². The molecule has 0 saturated carbocycles. The SMILES string of the molecule is CN(CCc1ccccn1)C1CCCCNC1. The highest BCUT2D eigenvalue weighted by Crippen LogP contribution is 2.10. The molecule has 0 bridgehead atoms. The van der Waals surface area contributed by atoms with E-state index in [1.807, 2.05) is 12.3 Å². The zero-order valence-electron chi connectivity index (χ0n) is 10.7. The number of hydrogen-bond acceptors (Lipinski definition) is 3. The van der Waals surface area contributed by atoms with Gasteiger partial charge in [-0.3, -0.25) is 4.98 Å². The Hall–Kier alpha value is -0.930. The second kappa shape index (κ2) is 6.72. The van der Waals surface area contributed by atoms with Crippen molar-refractivity contribution in [2.24, 2.45) is 0 Å². The second-order valence-electron chi connectivity index (χ2n) is 4.91. The Morgan fingerprint density at radius 3 is 3.18 bits per heavy atom. The van der Waals surface area contributed by atoms with Crippen molar-refractivity contribution >= 4 is 0 Å². The Kier molecular flexibility index (Phi) is 4.95. The van der Waals surface area contributed by atoms with Crippen LogP contribution < -0.4 is 5.32 Å². The van der Waals surface area contributed by atoms with Crippen LogP contribution in [0, 0.1) is 0 Å². The average Bonchev–Trinajstić information content (AvgIpc) is 2.66. The van der Waals surface area contributed by atoms with Crippen LogP contribution in [0.25, 0.3) is 0 Å². The van der Waals surface area contributed by atoms with Crippen molar-refractivity contribution in [1.82, 2.24) is 15.2 Å². The van der Waals surface area contributed by atoms with E-state index in [1.165, 1.54) is 31.5 Å². The molecule has 1 aromatic rings. The molecule has 0 aliphatic carbocycles. The molecule has 3 nitrogen and oxygen atoms in total. The molecule has 1 N–H and O–H groups in total. The lowest BCUT2D eigenvalue weighted by Gasteiger charge is -2.26. The Bertz CT molecular complexity index is 305. The third-order valence-corrected chi connectivity index (χ3v) is 3.59. The van der Waals surface area contributed by atoms with E-state index in [2.05, 4.69) is 34.4 Å². The summed E-state index contributed by atoms with van der Waals surface area (Å²) in [5.41, 5.74) is 1.20. The third-order valence-electron chi connectivity index (χ3n) is 3.59. The molecule has 1 fully saturated rings. The van der Waals surface area contributed by atoms with Crippen LogP contribution in [0.1, 0.15) is 25.0 Å². The highest BCUT2D eigenvalue weighted by molar-refractivity contribution is 5.03. The normalized spacial score (nSPS) is 21.4. The highest BCUT2D eigenvalue weighted by Gasteiger charge is 2.16. The molecule has 17 heavy (non-hydrogen) atoms. The van der Waals surface area contributed by atoms with Crippen LogP contribution in [0.3, 0.4) is 0 Å². The van der Waals surface area contributed by atoms with E-state index in [0.29, 0.717) is 6.04 Å². The number of pyridine rings is 1. The van der Waals surface area contributed by atoms with Gasteiger partial charge in [0.05, 0.1) is 0 Å². The minimum absolute atomic E-state index is 0.696. The number of rotatable bonds is 4. The second-order valence-corrected chi connectivity index (χ2v) is 4.91. The summed E-state index contributed by atoms with van der Waals surface area (Å²) in [5, 5.41) is 3.52. The number of aromatic nitrogens is 1. The molecule has 0 aromatic carbocycles. The summed E-state index contributed by atoms with van der Waals surface area (Å²) < 4.78 is 0. The van der Waals surface area contributed by atoms with Gasteiger partial charge in [0.25, 0.3) is 0 Å². The summed E-state index contributed by atoms with van der Waals surface area (Å²) in [6.45, 7) is 3.42. The van der Waals surface area contributed by atoms with Gasteiger partial charge in [-0.1, -0.05) is 12.5 Å². The maximum Gasteiger partial charge on any atom is 0.0416 e. The molecule has 1 aromatic heterocycles. The van der Waals surface area contributed by atoms with E-state index in [4.69, 9.17) is 0 Å². The van der Waals surface area contributed by atoms with Crippen LogP contribution in [0.5, 0.6) is 0 Å². The van der Waals surface area contributed by atoms with Crippen LogP contribution in [-0.4, -0.2) is 42.6 Å². The number of nitrogens with zero attached hydrogens (tertiary/aromatic N) is 2. The molecule has 0 amide bonds. The van der Waals surface area contributed by atoms with E-state index in [1.54, 1.807) is 0 Å². The van der Waals surface area contributed by atoms with Crippen LogP contribution in [0.2, 0.25) is 0 Å². The van der Waals surface area contributed by atoms with Crippen LogP contribution in [0.15, 0.2) is 24.4 Å². The van der Waals surface area contributed by atoms with Crippen molar-refractivity contribution in [3.8, 4) is 0 Å². The molecular weight excluding hydrogens is 210 g/mol. The molecule has 3 heteroatoms. The van der Waals surface area contributed by atoms with Crippen molar-refractivity contribution in [3.63, 3.8) is 0 Å². The zero-order valence-corrected chi connectivity index (χ0v) is 10.7. The summed E-state index contributed by atoms with van der Waals surface area (Å²) in [4.78, 5) is 6.85. The van der Waals surface area contributed by atoms with Gasteiger partial charge < -0.3 is 10.2 Å². The largest absolute Gasteiger partial charge is 0.315 e. The molecule has 1 saturated heterocycles. The number of nitrogens with one attached hydrogen (secondary N) is 1. The van der Waals surface area contributed by atoms with Crippen molar-refractivity contribution in [2.75, 3.05) is 26.7 Å². The molecule has 2 rings (SSSR count). The topological polar surface area (TPSA) is 28.2 Å². The van der Waals surface area contributed by atoms with Crippen molar-refractivity contribution < 1.29 is 0 Å². The maximum absolute atomic E-state index is 4.37. The fraction of sp³-hybridized carbons (Fsp3) is 0.643. The summed E-state index contributed by atoms with van der Waals surface area (Å²) in [5.74, 6) is 0. The Morgan fingerprint density at radius 2 is 2.35 bits per heavy atom. The maximum atomic E-state index is 4.37. The Morgan fingerprint density at radius 1 is 1.41 bits per heavy atom. The molecule has 94 valence electrons. The van der Waals surface area contributed by atoms with Crippen molar-refractivity contribution in [2.45, 2.75) is 31.7 Å². The first-order valence-electron chi connectivity index (χ1n) is 6.67. The summed E-state index contributed by atoms with van der Waals surface area (Å²) in [7, 11) is 2.24. The number of hydrogen-bond donors (Lipinski definition) is 1. The first-order chi connectivity index (χ1) is 8.36. The van der Waals surface area contributed by atoms with Gasteiger partial charge in [0, 0.05) is 37.4 Å². The van der Waals surface area contributed by atoms with E-state index in [0.717, 1.165) is 19.5 Å². The lowest BCUT2D eigenvalue weighted by atomic mass is 10.1. The molecular formula is C14H23N3. The average molecular weight is 233 g/mol. The van der Waals surface area contributed by atoms with Gasteiger partial charge in [0.1, 0.15) is 0 Å². The van der Waals surface area contributed by atoms with Gasteiger partial charge in [-0.05, 0) is 38.6 Å². The molecule has 2 heterocycles. The van der Waals surface area contributed by atoms with E-state index >= 15 is 0 Å². The lowest BCUT2D eigenvalue weighted by Crippen LogP contribution is -2.39. The summed E-state index contributed by atoms with van der Waals surface area (Å²) in [6.07, 6.45) is 6.93. The summed E-state index contributed by atoms with van der Waals surface area (Å²) in [6, 6.07) is 6.85. The van der Waals surface area contributed by atoms with Gasteiger partial charge in [0.15, 0.2) is 0 Å². The summed E-state index contributed by atoms with van der Waals surface area (Å²) >= 11 is 0. The van der Waals surface area contributed by atoms with Crippen LogP contribution >= 0.6 is 0 Å². The van der Waals surface area contributed by atoms with Crippen LogP contribution in [-0.2, 0) is 6.42 Å². The molecule has 0 spiro atoms. The molecule has 1 aliphatic rings. The fourth-order valence-corrected chi connectivity index (χ4v) is 2.40. The highest BCUT2D eigenvalue weighted by atomic mass is 15.1. The van der Waals surface area contributed by atoms with E-state index < -0.39 is 0 Å². The smallest absolute Gasteiger partial charge is 0.0416 e. The first-order valence-corrected chi connectivity index (χ1v) is 6.67. The van der Waals surface area contributed by atoms with Gasteiger partial charge in [-0.15, -0.1) is 0 Å². The van der Waals surface area contributed by atoms with Gasteiger partial charge in [-0.25, -0.2) is 0 Å². The van der Waals surface area contributed by atoms with Gasteiger partial charge in [0.2, 0.25) is 0 Å². The minimum Gasteiger partial charge on any atom is -0.315 e. The Balaban J connectivity index is 1.78. The standard InChI is InChI=1S/C14H23N3/c1-17(14-7-3-4-9-15-12-14)11-8-13-6-2-5-10-16-13/h2,5-6,10,14-15H,3-4,7-9,11-12H2,1H3. The predicted octanol–water partition coefficient (Wildman–Crippen LogP) is 1.70. The minimum atomic E-state index is 0.696. The molecule has 0 radical (unpaired) electrons. The fourth-order valence-electron chi connectivity index (χ4n) is 2.40. The monoisotopic (exact) mass is 233 g/mol. The molecule has 1 unspecified atom stereocenters. The third kappa shape index (κ3) is 4.10. The van der Waals surface area contributed by atoms with E-state index in [-0.39, 0.29) is 0 Å². The molecule has 1 atom stereocenters. The molecule has 1 aliphatic heterocycles. The quantitative estimate of drug-likeness (QED) is 0.858. The Labute approximate surface area is 104 Å². The predicted molar refractivity (Wildman–Crippen MR) is 71.1 cm³/mol. The zero-order chi connectivity index (χ0) is 11.9. The van der Waals surface area contributed by atoms with Gasteiger partial charge >= 0.3 is 0 Å². The van der Waals surface area contributed by atoms with Crippen molar-refractivity contribution in [3.05, 3.63) is 30.1 Å². The van der Waals surface area contributed by atoms with Crippen molar-refractivity contribution in [1.29, 1.82) is 0 Å². The van der Waals surface area contributed by atoms with Gasteiger partial charge in [-0.2, -0.15) is 0 Å². The lowest BCUT2D eigenvalue weighted by molar-refractivity contribution is 0.232.